The van der Waals surface area contributed by atoms with Gasteiger partial charge in [-0.2, -0.15) is 0 Å². The molecular weight excluding hydrogens is 242 g/mol. The van der Waals surface area contributed by atoms with Gasteiger partial charge in [0.25, 0.3) is 0 Å². The van der Waals surface area contributed by atoms with E-state index in [0.717, 1.165) is 25.8 Å². The molecule has 1 aromatic rings. The van der Waals surface area contributed by atoms with Gasteiger partial charge in [-0.05, 0) is 30.4 Å². The van der Waals surface area contributed by atoms with E-state index in [-0.39, 0.29) is 0 Å². The van der Waals surface area contributed by atoms with E-state index in [4.69, 9.17) is 9.84 Å². The quantitative estimate of drug-likeness (QED) is 0.872. The molecule has 4 heteroatoms. The van der Waals surface area contributed by atoms with Crippen molar-refractivity contribution >= 4 is 5.97 Å². The molecule has 4 nitrogen and oxygen atoms in total. The Morgan fingerprint density at radius 3 is 2.89 bits per heavy atom. The van der Waals surface area contributed by atoms with Crippen molar-refractivity contribution in [3.63, 3.8) is 0 Å². The molecule has 0 saturated carbocycles. The Labute approximate surface area is 113 Å². The van der Waals surface area contributed by atoms with Crippen molar-refractivity contribution in [1.29, 1.82) is 0 Å². The van der Waals surface area contributed by atoms with Gasteiger partial charge in [0, 0.05) is 19.1 Å². The van der Waals surface area contributed by atoms with Crippen LogP contribution in [0.3, 0.4) is 0 Å². The summed E-state index contributed by atoms with van der Waals surface area (Å²) in [6, 6.07) is 9.02. The molecule has 0 spiro atoms. The van der Waals surface area contributed by atoms with E-state index < -0.39 is 12.1 Å². The van der Waals surface area contributed by atoms with Gasteiger partial charge < -0.3 is 9.84 Å². The number of benzene rings is 1. The van der Waals surface area contributed by atoms with Gasteiger partial charge in [0.15, 0.2) is 6.10 Å². The van der Waals surface area contributed by atoms with Crippen LogP contribution in [0.4, 0.5) is 0 Å². The lowest BCUT2D eigenvalue weighted by molar-refractivity contribution is -0.157. The number of aryl methyl sites for hydroxylation is 1. The summed E-state index contributed by atoms with van der Waals surface area (Å²) in [4.78, 5) is 13.3. The summed E-state index contributed by atoms with van der Waals surface area (Å²) in [7, 11) is 0. The SMILES string of the molecule is O=C(O)C1CN(C2CCc3ccccc3C2)CCO1. The van der Waals surface area contributed by atoms with Crippen LogP contribution < -0.4 is 0 Å². The third kappa shape index (κ3) is 2.65. The number of nitrogens with zero attached hydrogens (tertiary/aromatic N) is 1. The molecule has 1 aromatic carbocycles. The first-order valence-electron chi connectivity index (χ1n) is 6.89. The molecule has 1 N–H and O–H groups in total. The third-order valence-corrected chi connectivity index (χ3v) is 4.21. The molecule has 1 fully saturated rings. The zero-order valence-electron chi connectivity index (χ0n) is 10.9. The minimum atomic E-state index is -0.846. The van der Waals surface area contributed by atoms with Crippen LogP contribution in [0.1, 0.15) is 17.5 Å². The second-order valence-corrected chi connectivity index (χ2v) is 5.36. The van der Waals surface area contributed by atoms with E-state index in [1.807, 2.05) is 0 Å². The van der Waals surface area contributed by atoms with Crippen molar-refractivity contribution in [2.75, 3.05) is 19.7 Å². The highest BCUT2D eigenvalue weighted by Crippen LogP contribution is 2.25. The van der Waals surface area contributed by atoms with Crippen LogP contribution in [0.5, 0.6) is 0 Å². The van der Waals surface area contributed by atoms with Gasteiger partial charge >= 0.3 is 5.97 Å². The molecule has 1 heterocycles. The number of aliphatic carboxylic acids is 1. The van der Waals surface area contributed by atoms with Crippen molar-refractivity contribution in [3.05, 3.63) is 35.4 Å². The second kappa shape index (κ2) is 5.31. The van der Waals surface area contributed by atoms with Gasteiger partial charge in [0.2, 0.25) is 0 Å². The number of hydrogen-bond acceptors (Lipinski definition) is 3. The number of carbonyl (C=O) groups is 1. The van der Waals surface area contributed by atoms with Gasteiger partial charge in [-0.1, -0.05) is 24.3 Å². The maximum Gasteiger partial charge on any atom is 0.334 e. The van der Waals surface area contributed by atoms with Gasteiger partial charge in [-0.25, -0.2) is 4.79 Å². The highest BCUT2D eigenvalue weighted by atomic mass is 16.5. The van der Waals surface area contributed by atoms with E-state index in [2.05, 4.69) is 29.2 Å². The Kier molecular flexibility index (Phi) is 3.53. The molecular formula is C15H19NO3. The number of morpholine rings is 1. The molecule has 19 heavy (non-hydrogen) atoms. The summed E-state index contributed by atoms with van der Waals surface area (Å²) < 4.78 is 5.29. The number of rotatable bonds is 2. The lowest BCUT2D eigenvalue weighted by Crippen LogP contribution is -2.51. The minimum Gasteiger partial charge on any atom is -0.479 e. The monoisotopic (exact) mass is 261 g/mol. The van der Waals surface area contributed by atoms with Crippen LogP contribution in [0.25, 0.3) is 0 Å². The van der Waals surface area contributed by atoms with Crippen molar-refractivity contribution in [3.8, 4) is 0 Å². The lowest BCUT2D eigenvalue weighted by atomic mass is 9.87. The summed E-state index contributed by atoms with van der Waals surface area (Å²) >= 11 is 0. The van der Waals surface area contributed by atoms with Crippen LogP contribution in [-0.2, 0) is 22.4 Å². The van der Waals surface area contributed by atoms with Gasteiger partial charge in [0.05, 0.1) is 6.61 Å². The zero-order valence-corrected chi connectivity index (χ0v) is 10.9. The minimum absolute atomic E-state index is 0.459. The molecule has 102 valence electrons. The number of fused-ring (bicyclic) bond motifs is 1. The first-order valence-corrected chi connectivity index (χ1v) is 6.89. The van der Waals surface area contributed by atoms with E-state index in [0.29, 0.717) is 19.2 Å². The molecule has 2 atom stereocenters. The maximum absolute atomic E-state index is 11.0. The molecule has 1 aliphatic heterocycles. The van der Waals surface area contributed by atoms with E-state index in [9.17, 15) is 4.79 Å². The maximum atomic E-state index is 11.0. The molecule has 0 radical (unpaired) electrons. The Balaban J connectivity index is 1.69. The van der Waals surface area contributed by atoms with Crippen molar-refractivity contribution in [1.82, 2.24) is 4.90 Å². The summed E-state index contributed by atoms with van der Waals surface area (Å²) in [6.07, 6.45) is 2.58. The molecule has 0 amide bonds. The second-order valence-electron chi connectivity index (χ2n) is 5.36. The van der Waals surface area contributed by atoms with E-state index >= 15 is 0 Å². The average Bonchev–Trinajstić information content (AvgIpc) is 2.47. The number of carboxylic acids is 1. The average molecular weight is 261 g/mol. The largest absolute Gasteiger partial charge is 0.479 e. The number of hydrogen-bond donors (Lipinski definition) is 1. The topological polar surface area (TPSA) is 49.8 Å². The summed E-state index contributed by atoms with van der Waals surface area (Å²) in [5.41, 5.74) is 2.86. The molecule has 0 aromatic heterocycles. The lowest BCUT2D eigenvalue weighted by Gasteiger charge is -2.39. The van der Waals surface area contributed by atoms with Crippen LogP contribution in [0, 0.1) is 0 Å². The first-order chi connectivity index (χ1) is 9.24. The normalized spacial score (nSPS) is 27.8. The summed E-state index contributed by atoms with van der Waals surface area (Å²) in [5.74, 6) is -0.846. The molecule has 3 rings (SSSR count). The number of carboxylic acid groups (broad SMARTS) is 1. The fourth-order valence-corrected chi connectivity index (χ4v) is 3.14. The van der Waals surface area contributed by atoms with Crippen molar-refractivity contribution in [2.24, 2.45) is 0 Å². The van der Waals surface area contributed by atoms with Crippen LogP contribution in [0.2, 0.25) is 0 Å². The van der Waals surface area contributed by atoms with Crippen molar-refractivity contribution in [2.45, 2.75) is 31.4 Å². The highest BCUT2D eigenvalue weighted by Gasteiger charge is 2.31. The Morgan fingerprint density at radius 1 is 1.32 bits per heavy atom. The third-order valence-electron chi connectivity index (χ3n) is 4.21. The molecule has 2 aliphatic rings. The fraction of sp³-hybridized carbons (Fsp3) is 0.533. The van der Waals surface area contributed by atoms with E-state index in [1.54, 1.807) is 0 Å². The van der Waals surface area contributed by atoms with Gasteiger partial charge in [-0.3, -0.25) is 4.90 Å². The molecule has 0 bridgehead atoms. The fourth-order valence-electron chi connectivity index (χ4n) is 3.14. The predicted molar refractivity (Wildman–Crippen MR) is 71.2 cm³/mol. The summed E-state index contributed by atoms with van der Waals surface area (Å²) in [5, 5.41) is 9.06. The highest BCUT2D eigenvalue weighted by molar-refractivity contribution is 5.72. The zero-order chi connectivity index (χ0) is 13.2. The molecule has 2 unspecified atom stereocenters. The summed E-state index contributed by atoms with van der Waals surface area (Å²) in [6.45, 7) is 1.88. The number of ether oxygens (including phenoxy) is 1. The van der Waals surface area contributed by atoms with Crippen LogP contribution in [0.15, 0.2) is 24.3 Å². The first kappa shape index (κ1) is 12.6. The Hall–Kier alpha value is -1.39. The van der Waals surface area contributed by atoms with Crippen LogP contribution in [-0.4, -0.2) is 47.8 Å². The van der Waals surface area contributed by atoms with Gasteiger partial charge in [-0.15, -0.1) is 0 Å². The molecule has 1 saturated heterocycles. The Morgan fingerprint density at radius 2 is 2.11 bits per heavy atom. The van der Waals surface area contributed by atoms with E-state index in [1.165, 1.54) is 11.1 Å². The smallest absolute Gasteiger partial charge is 0.334 e. The standard InChI is InChI=1S/C15H19NO3/c17-15(18)14-10-16(7-8-19-14)13-6-5-11-3-1-2-4-12(11)9-13/h1-4,13-14H,5-10H2,(H,17,18). The predicted octanol–water partition coefficient (Wildman–Crippen LogP) is 1.33. The van der Waals surface area contributed by atoms with Crippen LogP contribution >= 0.6 is 0 Å². The van der Waals surface area contributed by atoms with Gasteiger partial charge in [0.1, 0.15) is 0 Å². The van der Waals surface area contributed by atoms with Crippen molar-refractivity contribution < 1.29 is 14.6 Å². The Bertz CT molecular complexity index is 474. The molecule has 1 aliphatic carbocycles.